The SMILES string of the molecule is CC1(CC(=O)c2csc(Br)c2)CCCC1. The number of halogens is 1. The summed E-state index contributed by atoms with van der Waals surface area (Å²) in [5.74, 6) is 0.307. The Balaban J connectivity index is 2.03. The molecule has 1 aromatic rings. The third-order valence-corrected chi connectivity index (χ3v) is 4.79. The summed E-state index contributed by atoms with van der Waals surface area (Å²) >= 11 is 4.98. The second-order valence-electron chi connectivity index (χ2n) is 4.76. The first kappa shape index (κ1) is 11.3. The molecule has 0 amide bonds. The number of rotatable bonds is 3. The van der Waals surface area contributed by atoms with Crippen LogP contribution in [0.25, 0.3) is 0 Å². The topological polar surface area (TPSA) is 17.1 Å². The predicted molar refractivity (Wildman–Crippen MR) is 67.5 cm³/mol. The fraction of sp³-hybridized carbons (Fsp3) is 0.583. The van der Waals surface area contributed by atoms with Crippen LogP contribution in [0, 0.1) is 5.41 Å². The van der Waals surface area contributed by atoms with Crippen molar-refractivity contribution in [2.45, 2.75) is 39.0 Å². The molecule has 0 radical (unpaired) electrons. The average Bonchev–Trinajstić information content (AvgIpc) is 2.75. The van der Waals surface area contributed by atoms with Gasteiger partial charge in [0.15, 0.2) is 5.78 Å². The van der Waals surface area contributed by atoms with E-state index < -0.39 is 0 Å². The van der Waals surface area contributed by atoms with Crippen LogP contribution in [-0.4, -0.2) is 5.78 Å². The largest absolute Gasteiger partial charge is 0.294 e. The van der Waals surface area contributed by atoms with Crippen molar-refractivity contribution in [1.82, 2.24) is 0 Å². The van der Waals surface area contributed by atoms with Crippen molar-refractivity contribution in [3.8, 4) is 0 Å². The van der Waals surface area contributed by atoms with Gasteiger partial charge in [0, 0.05) is 17.4 Å². The number of Topliss-reactive ketones (excluding diaryl/α,β-unsaturated/α-hetero) is 1. The van der Waals surface area contributed by atoms with Crippen molar-refractivity contribution < 1.29 is 4.79 Å². The van der Waals surface area contributed by atoms with Gasteiger partial charge in [-0.3, -0.25) is 4.79 Å². The molecule has 0 spiro atoms. The third-order valence-electron chi connectivity index (χ3n) is 3.29. The van der Waals surface area contributed by atoms with Gasteiger partial charge in [-0.15, -0.1) is 11.3 Å². The first-order valence-corrected chi connectivity index (χ1v) is 7.04. The highest BCUT2D eigenvalue weighted by molar-refractivity contribution is 9.11. The maximum Gasteiger partial charge on any atom is 0.164 e. The zero-order valence-electron chi connectivity index (χ0n) is 8.88. The summed E-state index contributed by atoms with van der Waals surface area (Å²) in [6, 6.07) is 1.94. The molecular weight excluding hydrogens is 272 g/mol. The van der Waals surface area contributed by atoms with Crippen LogP contribution in [0.15, 0.2) is 15.2 Å². The van der Waals surface area contributed by atoms with Gasteiger partial charge in [0.2, 0.25) is 0 Å². The fourth-order valence-corrected chi connectivity index (χ4v) is 3.51. The second-order valence-corrected chi connectivity index (χ2v) is 7.05. The van der Waals surface area contributed by atoms with Crippen molar-refractivity contribution in [3.05, 3.63) is 20.8 Å². The summed E-state index contributed by atoms with van der Waals surface area (Å²) in [5, 5.41) is 1.95. The number of hydrogen-bond donors (Lipinski definition) is 0. The lowest BCUT2D eigenvalue weighted by Gasteiger charge is -2.21. The quantitative estimate of drug-likeness (QED) is 0.739. The maximum atomic E-state index is 12.0. The molecule has 1 aromatic heterocycles. The van der Waals surface area contributed by atoms with Crippen LogP contribution < -0.4 is 0 Å². The van der Waals surface area contributed by atoms with Crippen LogP contribution in [-0.2, 0) is 0 Å². The van der Waals surface area contributed by atoms with E-state index in [2.05, 4.69) is 22.9 Å². The zero-order valence-corrected chi connectivity index (χ0v) is 11.3. The predicted octanol–water partition coefficient (Wildman–Crippen LogP) is 4.66. The molecule has 1 nitrogen and oxygen atoms in total. The summed E-state index contributed by atoms with van der Waals surface area (Å²) in [5.41, 5.74) is 1.14. The molecule has 0 bridgehead atoms. The molecule has 3 heteroatoms. The summed E-state index contributed by atoms with van der Waals surface area (Å²) in [7, 11) is 0. The van der Waals surface area contributed by atoms with Gasteiger partial charge in [-0.1, -0.05) is 19.8 Å². The Morgan fingerprint density at radius 2 is 2.20 bits per heavy atom. The summed E-state index contributed by atoms with van der Waals surface area (Å²) in [6.45, 7) is 2.25. The smallest absolute Gasteiger partial charge is 0.164 e. The van der Waals surface area contributed by atoms with Gasteiger partial charge in [-0.2, -0.15) is 0 Å². The number of ketones is 1. The number of carbonyl (C=O) groups is 1. The Bertz CT molecular complexity index is 363. The second kappa shape index (κ2) is 4.38. The Morgan fingerprint density at radius 3 is 2.73 bits per heavy atom. The molecule has 0 saturated heterocycles. The van der Waals surface area contributed by atoms with Crippen LogP contribution in [0.4, 0.5) is 0 Å². The molecule has 1 aliphatic rings. The van der Waals surface area contributed by atoms with E-state index in [1.165, 1.54) is 25.7 Å². The van der Waals surface area contributed by atoms with E-state index >= 15 is 0 Å². The minimum absolute atomic E-state index is 0.269. The number of thiophene rings is 1. The molecule has 0 N–H and O–H groups in total. The van der Waals surface area contributed by atoms with Crippen LogP contribution in [0.2, 0.25) is 0 Å². The number of carbonyl (C=O) groups excluding carboxylic acids is 1. The van der Waals surface area contributed by atoms with E-state index in [9.17, 15) is 4.79 Å². The van der Waals surface area contributed by atoms with Crippen LogP contribution in [0.5, 0.6) is 0 Å². The van der Waals surface area contributed by atoms with E-state index in [1.807, 2.05) is 11.4 Å². The van der Waals surface area contributed by atoms with Gasteiger partial charge >= 0.3 is 0 Å². The van der Waals surface area contributed by atoms with Crippen molar-refractivity contribution in [3.63, 3.8) is 0 Å². The Kier molecular flexibility index (Phi) is 3.31. The van der Waals surface area contributed by atoms with Gasteiger partial charge in [-0.25, -0.2) is 0 Å². The van der Waals surface area contributed by atoms with Gasteiger partial charge in [-0.05, 0) is 40.3 Å². The molecule has 0 aliphatic heterocycles. The highest BCUT2D eigenvalue weighted by Gasteiger charge is 2.31. The molecule has 0 atom stereocenters. The molecule has 1 aliphatic carbocycles. The lowest BCUT2D eigenvalue weighted by Crippen LogP contribution is -2.16. The zero-order chi connectivity index (χ0) is 10.9. The minimum atomic E-state index is 0.269. The van der Waals surface area contributed by atoms with E-state index in [4.69, 9.17) is 0 Å². The van der Waals surface area contributed by atoms with Crippen LogP contribution >= 0.6 is 27.3 Å². The average molecular weight is 287 g/mol. The highest BCUT2D eigenvalue weighted by Crippen LogP contribution is 2.41. The first-order valence-electron chi connectivity index (χ1n) is 5.36. The normalized spacial score (nSPS) is 19.3. The van der Waals surface area contributed by atoms with E-state index in [0.717, 1.165) is 15.8 Å². The minimum Gasteiger partial charge on any atom is -0.294 e. The summed E-state index contributed by atoms with van der Waals surface area (Å²) < 4.78 is 1.04. The van der Waals surface area contributed by atoms with Gasteiger partial charge in [0.1, 0.15) is 0 Å². The van der Waals surface area contributed by atoms with E-state index in [-0.39, 0.29) is 5.41 Å². The standard InChI is InChI=1S/C12H15BrOS/c1-12(4-2-3-5-12)7-10(14)9-6-11(13)15-8-9/h6,8H,2-5,7H2,1H3. The van der Waals surface area contributed by atoms with Crippen LogP contribution in [0.3, 0.4) is 0 Å². The molecule has 1 saturated carbocycles. The summed E-state index contributed by atoms with van der Waals surface area (Å²) in [6.07, 6.45) is 5.72. The van der Waals surface area contributed by atoms with Crippen LogP contribution in [0.1, 0.15) is 49.4 Å². The third kappa shape index (κ3) is 2.70. The Hall–Kier alpha value is -0.150. The molecule has 0 unspecified atom stereocenters. The van der Waals surface area contributed by atoms with E-state index in [0.29, 0.717) is 5.78 Å². The Labute approximate surface area is 103 Å². The monoisotopic (exact) mass is 286 g/mol. The van der Waals surface area contributed by atoms with Crippen molar-refractivity contribution in [2.24, 2.45) is 5.41 Å². The molecule has 0 aromatic carbocycles. The van der Waals surface area contributed by atoms with Gasteiger partial charge in [0.25, 0.3) is 0 Å². The fourth-order valence-electron chi connectivity index (χ4n) is 2.35. The molecule has 2 rings (SSSR count). The highest BCUT2D eigenvalue weighted by atomic mass is 79.9. The first-order chi connectivity index (χ1) is 7.09. The lowest BCUT2D eigenvalue weighted by atomic mass is 9.82. The van der Waals surface area contributed by atoms with Gasteiger partial charge < -0.3 is 0 Å². The van der Waals surface area contributed by atoms with Crippen molar-refractivity contribution in [2.75, 3.05) is 0 Å². The van der Waals surface area contributed by atoms with Crippen molar-refractivity contribution >= 4 is 33.0 Å². The molecular formula is C12H15BrOS. The number of hydrogen-bond acceptors (Lipinski definition) is 2. The van der Waals surface area contributed by atoms with Gasteiger partial charge in [0.05, 0.1) is 3.79 Å². The summed E-state index contributed by atoms with van der Waals surface area (Å²) in [4.78, 5) is 12.0. The van der Waals surface area contributed by atoms with E-state index in [1.54, 1.807) is 11.3 Å². The molecule has 15 heavy (non-hydrogen) atoms. The molecule has 1 heterocycles. The molecule has 82 valence electrons. The maximum absolute atomic E-state index is 12.0. The Morgan fingerprint density at radius 1 is 1.53 bits per heavy atom. The van der Waals surface area contributed by atoms with Crippen molar-refractivity contribution in [1.29, 1.82) is 0 Å². The lowest BCUT2D eigenvalue weighted by molar-refractivity contribution is 0.0924. The molecule has 1 fully saturated rings.